The molecular formula is C17H27N3O. The Hall–Kier alpha value is -1.32. The Morgan fingerprint density at radius 2 is 2.00 bits per heavy atom. The van der Waals surface area contributed by atoms with Crippen LogP contribution in [-0.4, -0.2) is 21.7 Å². The quantitative estimate of drug-likeness (QED) is 0.930. The second-order valence-corrected chi connectivity index (χ2v) is 7.17. The van der Waals surface area contributed by atoms with Crippen molar-refractivity contribution in [2.75, 3.05) is 0 Å². The fraction of sp³-hybridized carbons (Fsp3) is 0.765. The van der Waals surface area contributed by atoms with Gasteiger partial charge in [-0.3, -0.25) is 9.48 Å². The van der Waals surface area contributed by atoms with Crippen molar-refractivity contribution in [3.05, 3.63) is 17.5 Å². The van der Waals surface area contributed by atoms with Crippen LogP contribution in [0, 0.1) is 11.8 Å². The van der Waals surface area contributed by atoms with Gasteiger partial charge in [0, 0.05) is 12.2 Å². The third-order valence-corrected chi connectivity index (χ3v) is 5.05. The first-order valence-electron chi connectivity index (χ1n) is 8.44. The first kappa shape index (κ1) is 14.6. The van der Waals surface area contributed by atoms with E-state index in [4.69, 9.17) is 0 Å². The fourth-order valence-corrected chi connectivity index (χ4v) is 3.65. The van der Waals surface area contributed by atoms with E-state index in [2.05, 4.69) is 30.5 Å². The van der Waals surface area contributed by atoms with E-state index in [-0.39, 0.29) is 5.91 Å². The van der Waals surface area contributed by atoms with E-state index in [0.29, 0.717) is 12.6 Å². The molecule has 1 fully saturated rings. The zero-order valence-electron chi connectivity index (χ0n) is 13.3. The summed E-state index contributed by atoms with van der Waals surface area (Å²) in [7, 11) is 0. The Bertz CT molecular complexity index is 500. The van der Waals surface area contributed by atoms with E-state index in [9.17, 15) is 4.79 Å². The van der Waals surface area contributed by atoms with Gasteiger partial charge in [-0.1, -0.05) is 13.8 Å². The average molecular weight is 289 g/mol. The summed E-state index contributed by atoms with van der Waals surface area (Å²) in [6.45, 7) is 4.96. The van der Waals surface area contributed by atoms with E-state index in [1.807, 2.05) is 4.68 Å². The summed E-state index contributed by atoms with van der Waals surface area (Å²) in [6.07, 6.45) is 10.2. The van der Waals surface area contributed by atoms with E-state index < -0.39 is 0 Å². The van der Waals surface area contributed by atoms with Crippen LogP contribution in [0.3, 0.4) is 0 Å². The maximum Gasteiger partial charge on any atom is 0.241 e. The smallest absolute Gasteiger partial charge is 0.241 e. The normalized spacial score (nSPS) is 29.0. The molecular weight excluding hydrogens is 262 g/mol. The van der Waals surface area contributed by atoms with Crippen LogP contribution in [0.2, 0.25) is 0 Å². The Kier molecular flexibility index (Phi) is 4.32. The second-order valence-electron chi connectivity index (χ2n) is 7.17. The Morgan fingerprint density at radius 1 is 1.24 bits per heavy atom. The highest BCUT2D eigenvalue weighted by molar-refractivity contribution is 5.76. The van der Waals surface area contributed by atoms with Crippen molar-refractivity contribution in [1.29, 1.82) is 0 Å². The lowest BCUT2D eigenvalue weighted by atomic mass is 9.87. The average Bonchev–Trinajstić information content (AvgIpc) is 2.82. The van der Waals surface area contributed by atoms with Gasteiger partial charge in [-0.25, -0.2) is 0 Å². The second kappa shape index (κ2) is 6.20. The maximum absolute atomic E-state index is 12.2. The molecule has 0 unspecified atom stereocenters. The number of aryl methyl sites for hydroxylation is 1. The first-order valence-corrected chi connectivity index (χ1v) is 8.44. The van der Waals surface area contributed by atoms with Gasteiger partial charge in [0.05, 0.1) is 5.69 Å². The van der Waals surface area contributed by atoms with Crippen LogP contribution in [0.5, 0.6) is 0 Å². The minimum Gasteiger partial charge on any atom is -0.352 e. The SMILES string of the molecule is CC1CCC(NC(=O)Cn2cc3c(n2)CC[C@@H](C)C3)CC1. The molecule has 1 saturated carbocycles. The lowest BCUT2D eigenvalue weighted by molar-refractivity contribution is -0.122. The van der Waals surface area contributed by atoms with Crippen LogP contribution in [0.25, 0.3) is 0 Å². The summed E-state index contributed by atoms with van der Waals surface area (Å²) < 4.78 is 1.84. The molecule has 2 aliphatic rings. The Labute approximate surface area is 127 Å². The van der Waals surface area contributed by atoms with Crippen molar-refractivity contribution in [3.8, 4) is 0 Å². The molecule has 1 aromatic rings. The lowest BCUT2D eigenvalue weighted by Crippen LogP contribution is -2.39. The lowest BCUT2D eigenvalue weighted by Gasteiger charge is -2.26. The topological polar surface area (TPSA) is 46.9 Å². The number of rotatable bonds is 3. The summed E-state index contributed by atoms with van der Waals surface area (Å²) >= 11 is 0. The molecule has 0 saturated heterocycles. The largest absolute Gasteiger partial charge is 0.352 e. The number of nitrogens with zero attached hydrogens (tertiary/aromatic N) is 2. The van der Waals surface area contributed by atoms with E-state index in [1.54, 1.807) is 0 Å². The first-order chi connectivity index (χ1) is 10.1. The molecule has 4 nitrogen and oxygen atoms in total. The van der Waals surface area contributed by atoms with Crippen molar-refractivity contribution in [1.82, 2.24) is 15.1 Å². The molecule has 0 radical (unpaired) electrons. The molecule has 4 heteroatoms. The van der Waals surface area contributed by atoms with Gasteiger partial charge in [-0.2, -0.15) is 5.10 Å². The summed E-state index contributed by atoms with van der Waals surface area (Å²) in [5.74, 6) is 1.67. The molecule has 1 amide bonds. The third-order valence-electron chi connectivity index (χ3n) is 5.05. The van der Waals surface area contributed by atoms with Gasteiger partial charge >= 0.3 is 0 Å². The number of carbonyl (C=O) groups is 1. The van der Waals surface area contributed by atoms with E-state index in [0.717, 1.165) is 37.5 Å². The van der Waals surface area contributed by atoms with Crippen LogP contribution in [0.4, 0.5) is 0 Å². The van der Waals surface area contributed by atoms with E-state index in [1.165, 1.54) is 30.5 Å². The number of hydrogen-bond acceptors (Lipinski definition) is 2. The third kappa shape index (κ3) is 3.66. The van der Waals surface area contributed by atoms with Gasteiger partial charge in [-0.05, 0) is 62.3 Å². The summed E-state index contributed by atoms with van der Waals surface area (Å²) in [4.78, 5) is 12.2. The van der Waals surface area contributed by atoms with Crippen LogP contribution >= 0.6 is 0 Å². The van der Waals surface area contributed by atoms with Gasteiger partial charge in [0.15, 0.2) is 0 Å². The molecule has 1 heterocycles. The molecule has 3 rings (SSSR count). The van der Waals surface area contributed by atoms with E-state index >= 15 is 0 Å². The number of carbonyl (C=O) groups excluding carboxylic acids is 1. The van der Waals surface area contributed by atoms with Crippen LogP contribution in [-0.2, 0) is 24.2 Å². The minimum atomic E-state index is 0.113. The molecule has 1 atom stereocenters. The number of aromatic nitrogens is 2. The number of nitrogens with one attached hydrogen (secondary N) is 1. The molecule has 21 heavy (non-hydrogen) atoms. The van der Waals surface area contributed by atoms with Crippen molar-refractivity contribution in [2.45, 2.75) is 71.4 Å². The van der Waals surface area contributed by atoms with Gasteiger partial charge in [0.1, 0.15) is 6.54 Å². The van der Waals surface area contributed by atoms with Crippen LogP contribution < -0.4 is 5.32 Å². The fourth-order valence-electron chi connectivity index (χ4n) is 3.65. The molecule has 2 aliphatic carbocycles. The molecule has 0 spiro atoms. The van der Waals surface area contributed by atoms with Gasteiger partial charge in [-0.15, -0.1) is 0 Å². The predicted octanol–water partition coefficient (Wildman–Crippen LogP) is 2.70. The Balaban J connectivity index is 1.53. The summed E-state index contributed by atoms with van der Waals surface area (Å²) in [5, 5.41) is 7.76. The van der Waals surface area contributed by atoms with Crippen LogP contribution in [0.15, 0.2) is 6.20 Å². The van der Waals surface area contributed by atoms with Gasteiger partial charge < -0.3 is 5.32 Å². The van der Waals surface area contributed by atoms with Crippen LogP contribution in [0.1, 0.15) is 57.2 Å². The summed E-state index contributed by atoms with van der Waals surface area (Å²) in [5.41, 5.74) is 2.54. The number of fused-ring (bicyclic) bond motifs is 1. The monoisotopic (exact) mass is 289 g/mol. The van der Waals surface area contributed by atoms with Crippen molar-refractivity contribution in [2.24, 2.45) is 11.8 Å². The molecule has 1 N–H and O–H groups in total. The molecule has 0 aromatic carbocycles. The Morgan fingerprint density at radius 3 is 2.76 bits per heavy atom. The van der Waals surface area contributed by atoms with Crippen molar-refractivity contribution >= 4 is 5.91 Å². The van der Waals surface area contributed by atoms with Crippen molar-refractivity contribution in [3.63, 3.8) is 0 Å². The maximum atomic E-state index is 12.2. The number of amides is 1. The zero-order valence-corrected chi connectivity index (χ0v) is 13.3. The standard InChI is InChI=1S/C17H27N3O/c1-12-3-6-15(7-4-12)18-17(21)11-20-10-14-9-13(2)5-8-16(14)19-20/h10,12-13,15H,3-9,11H2,1-2H3,(H,18,21)/t12?,13-,15?/m1/s1. The molecule has 116 valence electrons. The number of hydrogen-bond donors (Lipinski definition) is 1. The highest BCUT2D eigenvalue weighted by Crippen LogP contribution is 2.24. The zero-order chi connectivity index (χ0) is 14.8. The van der Waals surface area contributed by atoms with Gasteiger partial charge in [0.2, 0.25) is 5.91 Å². The molecule has 0 aliphatic heterocycles. The summed E-state index contributed by atoms with van der Waals surface area (Å²) in [6, 6.07) is 0.374. The van der Waals surface area contributed by atoms with Gasteiger partial charge in [0.25, 0.3) is 0 Å². The van der Waals surface area contributed by atoms with Crippen molar-refractivity contribution < 1.29 is 4.79 Å². The predicted molar refractivity (Wildman–Crippen MR) is 83.0 cm³/mol. The molecule has 1 aromatic heterocycles. The highest BCUT2D eigenvalue weighted by atomic mass is 16.2. The molecule has 0 bridgehead atoms. The highest BCUT2D eigenvalue weighted by Gasteiger charge is 2.21. The minimum absolute atomic E-state index is 0.113.